The van der Waals surface area contributed by atoms with Crippen LogP contribution in [0.5, 0.6) is 0 Å². The number of aliphatic hydroxyl groups is 1. The number of carbonyl (C=O) groups is 1. The van der Waals surface area contributed by atoms with Crippen LogP contribution in [-0.4, -0.2) is 57.8 Å². The van der Waals surface area contributed by atoms with E-state index in [-0.39, 0.29) is 12.7 Å². The summed E-state index contributed by atoms with van der Waals surface area (Å²) in [7, 11) is 0. The molecule has 2 rings (SSSR count). The van der Waals surface area contributed by atoms with E-state index in [9.17, 15) is 4.79 Å². The highest BCUT2D eigenvalue weighted by atomic mass is 16.6. The zero-order valence-corrected chi connectivity index (χ0v) is 12.7. The summed E-state index contributed by atoms with van der Waals surface area (Å²) in [5.41, 5.74) is 0.211. The minimum atomic E-state index is -0.475. The average Bonchev–Trinajstić information content (AvgIpc) is 2.46. The summed E-state index contributed by atoms with van der Waals surface area (Å²) >= 11 is 0. The van der Waals surface area contributed by atoms with Crippen LogP contribution in [0.4, 0.5) is 10.7 Å². The zero-order chi connectivity index (χ0) is 15.5. The van der Waals surface area contributed by atoms with Crippen molar-refractivity contribution in [2.24, 2.45) is 0 Å². The molecule has 0 radical (unpaired) electrons. The van der Waals surface area contributed by atoms with Gasteiger partial charge in [0.2, 0.25) is 5.95 Å². The summed E-state index contributed by atoms with van der Waals surface area (Å²) in [6.45, 7) is 8.01. The van der Waals surface area contributed by atoms with Crippen LogP contribution in [0, 0.1) is 0 Å². The number of nitrogens with zero attached hydrogens (tertiary/aromatic N) is 4. The molecular weight excluding hydrogens is 272 g/mol. The third-order valence-corrected chi connectivity index (χ3v) is 3.09. The second kappa shape index (κ2) is 6.26. The van der Waals surface area contributed by atoms with Crippen LogP contribution < -0.4 is 4.90 Å². The van der Waals surface area contributed by atoms with Crippen molar-refractivity contribution in [3.05, 3.63) is 18.0 Å². The van der Waals surface area contributed by atoms with Gasteiger partial charge in [-0.1, -0.05) is 0 Å². The van der Waals surface area contributed by atoms with Crippen molar-refractivity contribution < 1.29 is 14.6 Å². The maximum atomic E-state index is 12.0. The molecule has 0 saturated carbocycles. The lowest BCUT2D eigenvalue weighted by atomic mass is 10.2. The van der Waals surface area contributed by atoms with E-state index < -0.39 is 5.60 Å². The molecule has 0 aromatic carbocycles. The van der Waals surface area contributed by atoms with E-state index in [4.69, 9.17) is 9.84 Å². The van der Waals surface area contributed by atoms with Gasteiger partial charge in [-0.25, -0.2) is 14.8 Å². The molecule has 1 amide bonds. The highest BCUT2D eigenvalue weighted by Crippen LogP contribution is 2.14. The second-order valence-electron chi connectivity index (χ2n) is 6.00. The summed E-state index contributed by atoms with van der Waals surface area (Å²) in [5.74, 6) is 0.621. The number of hydrogen-bond donors (Lipinski definition) is 1. The molecule has 7 heteroatoms. The van der Waals surface area contributed by atoms with Gasteiger partial charge in [-0.15, -0.1) is 0 Å². The number of hydrogen-bond acceptors (Lipinski definition) is 6. The van der Waals surface area contributed by atoms with Crippen molar-refractivity contribution in [1.82, 2.24) is 14.9 Å². The highest BCUT2D eigenvalue weighted by molar-refractivity contribution is 5.68. The molecule has 21 heavy (non-hydrogen) atoms. The van der Waals surface area contributed by atoms with Gasteiger partial charge in [-0.3, -0.25) is 0 Å². The van der Waals surface area contributed by atoms with E-state index in [0.29, 0.717) is 37.7 Å². The third kappa shape index (κ3) is 4.29. The van der Waals surface area contributed by atoms with Gasteiger partial charge in [0, 0.05) is 44.1 Å². The van der Waals surface area contributed by atoms with Crippen LogP contribution in [0.3, 0.4) is 0 Å². The molecule has 1 aliphatic heterocycles. The average molecular weight is 294 g/mol. The molecule has 0 bridgehead atoms. The van der Waals surface area contributed by atoms with Crippen LogP contribution in [-0.2, 0) is 11.3 Å². The molecule has 1 aromatic rings. The third-order valence-electron chi connectivity index (χ3n) is 3.09. The Hall–Kier alpha value is -1.89. The number of ether oxygens (including phenoxy) is 1. The summed E-state index contributed by atoms with van der Waals surface area (Å²) in [5, 5.41) is 8.98. The summed E-state index contributed by atoms with van der Waals surface area (Å²) in [4.78, 5) is 24.1. The Kier molecular flexibility index (Phi) is 4.62. The van der Waals surface area contributed by atoms with Gasteiger partial charge in [0.25, 0.3) is 0 Å². The predicted molar refractivity (Wildman–Crippen MR) is 78.0 cm³/mol. The highest BCUT2D eigenvalue weighted by Gasteiger charge is 2.26. The molecule has 0 spiro atoms. The lowest BCUT2D eigenvalue weighted by Crippen LogP contribution is -2.50. The van der Waals surface area contributed by atoms with Gasteiger partial charge in [-0.05, 0) is 20.8 Å². The monoisotopic (exact) mass is 294 g/mol. The lowest BCUT2D eigenvalue weighted by molar-refractivity contribution is 0.0240. The molecular formula is C14H22N4O3. The van der Waals surface area contributed by atoms with E-state index in [1.807, 2.05) is 25.7 Å². The Bertz CT molecular complexity index is 476. The van der Waals surface area contributed by atoms with Crippen LogP contribution in [0.2, 0.25) is 0 Å². The van der Waals surface area contributed by atoms with Gasteiger partial charge < -0.3 is 19.6 Å². The number of carbonyl (C=O) groups excluding carboxylic acids is 1. The number of piperazine rings is 1. The molecule has 1 N–H and O–H groups in total. The number of anilines is 1. The minimum Gasteiger partial charge on any atom is -0.444 e. The van der Waals surface area contributed by atoms with Gasteiger partial charge in [0.1, 0.15) is 5.60 Å². The van der Waals surface area contributed by atoms with Crippen LogP contribution in [0.15, 0.2) is 12.4 Å². The topological polar surface area (TPSA) is 78.8 Å². The Labute approximate surface area is 124 Å². The fraction of sp³-hybridized carbons (Fsp3) is 0.643. The fourth-order valence-corrected chi connectivity index (χ4v) is 2.01. The van der Waals surface area contributed by atoms with Crippen LogP contribution in [0.25, 0.3) is 0 Å². The molecule has 2 heterocycles. The van der Waals surface area contributed by atoms with Crippen molar-refractivity contribution in [1.29, 1.82) is 0 Å². The molecule has 1 saturated heterocycles. The molecule has 1 aliphatic rings. The smallest absolute Gasteiger partial charge is 0.410 e. The minimum absolute atomic E-state index is 0.0628. The van der Waals surface area contributed by atoms with Gasteiger partial charge in [0.15, 0.2) is 0 Å². The second-order valence-corrected chi connectivity index (χ2v) is 6.00. The maximum absolute atomic E-state index is 12.0. The number of aliphatic hydroxyl groups excluding tert-OH is 1. The van der Waals surface area contributed by atoms with Crippen molar-refractivity contribution in [2.45, 2.75) is 33.0 Å². The fourth-order valence-electron chi connectivity index (χ4n) is 2.01. The zero-order valence-electron chi connectivity index (χ0n) is 12.7. The van der Waals surface area contributed by atoms with Crippen molar-refractivity contribution in [3.63, 3.8) is 0 Å². The Morgan fingerprint density at radius 2 is 1.81 bits per heavy atom. The Balaban J connectivity index is 1.89. The van der Waals surface area contributed by atoms with Crippen molar-refractivity contribution in [2.75, 3.05) is 31.1 Å². The summed E-state index contributed by atoms with van der Waals surface area (Å²) < 4.78 is 5.36. The lowest BCUT2D eigenvalue weighted by Gasteiger charge is -2.35. The van der Waals surface area contributed by atoms with Crippen LogP contribution >= 0.6 is 0 Å². The van der Waals surface area contributed by atoms with Gasteiger partial charge in [0.05, 0.1) is 6.61 Å². The Morgan fingerprint density at radius 1 is 1.24 bits per heavy atom. The molecule has 0 aliphatic carbocycles. The molecule has 1 aromatic heterocycles. The molecule has 1 fully saturated rings. The first kappa shape index (κ1) is 15.5. The first-order valence-corrected chi connectivity index (χ1v) is 7.04. The largest absolute Gasteiger partial charge is 0.444 e. The van der Waals surface area contributed by atoms with E-state index in [1.54, 1.807) is 17.3 Å². The number of rotatable bonds is 2. The first-order chi connectivity index (χ1) is 9.89. The van der Waals surface area contributed by atoms with Gasteiger partial charge >= 0.3 is 6.09 Å². The molecule has 0 atom stereocenters. The maximum Gasteiger partial charge on any atom is 0.410 e. The van der Waals surface area contributed by atoms with Crippen LogP contribution in [0.1, 0.15) is 26.3 Å². The van der Waals surface area contributed by atoms with E-state index >= 15 is 0 Å². The number of aromatic nitrogens is 2. The molecule has 7 nitrogen and oxygen atoms in total. The quantitative estimate of drug-likeness (QED) is 0.877. The predicted octanol–water partition coefficient (Wildman–Crippen LogP) is 1.03. The van der Waals surface area contributed by atoms with E-state index in [0.717, 1.165) is 0 Å². The number of amides is 1. The summed E-state index contributed by atoms with van der Waals surface area (Å²) in [6.07, 6.45) is 2.95. The van der Waals surface area contributed by atoms with E-state index in [2.05, 4.69) is 9.97 Å². The first-order valence-electron chi connectivity index (χ1n) is 7.04. The SMILES string of the molecule is CC(C)(C)OC(=O)N1CCN(c2ncc(CO)cn2)CC1. The molecule has 0 unspecified atom stereocenters. The van der Waals surface area contributed by atoms with Crippen molar-refractivity contribution >= 4 is 12.0 Å². The van der Waals surface area contributed by atoms with Gasteiger partial charge in [-0.2, -0.15) is 0 Å². The summed E-state index contributed by atoms with van der Waals surface area (Å²) in [6, 6.07) is 0. The standard InChI is InChI=1S/C14H22N4O3/c1-14(2,3)21-13(20)18-6-4-17(5-7-18)12-15-8-11(10-19)9-16-12/h8-9,19H,4-7,10H2,1-3H3. The van der Waals surface area contributed by atoms with Crippen molar-refractivity contribution in [3.8, 4) is 0 Å². The molecule has 116 valence electrons. The Morgan fingerprint density at radius 3 is 2.29 bits per heavy atom. The normalized spacial score (nSPS) is 16.0. The van der Waals surface area contributed by atoms with E-state index in [1.165, 1.54) is 0 Å².